The summed E-state index contributed by atoms with van der Waals surface area (Å²) >= 11 is 0. The molecule has 0 radical (unpaired) electrons. The van der Waals surface area contributed by atoms with Crippen molar-refractivity contribution in [1.29, 1.82) is 5.26 Å². The Morgan fingerprint density at radius 1 is 1.38 bits per heavy atom. The van der Waals surface area contributed by atoms with E-state index in [0.717, 1.165) is 5.56 Å². The molecule has 0 saturated heterocycles. The number of aryl methyl sites for hydroxylation is 1. The Balaban J connectivity index is 1.85. The van der Waals surface area contributed by atoms with Gasteiger partial charge in [0.25, 0.3) is 0 Å². The van der Waals surface area contributed by atoms with Gasteiger partial charge in [0.1, 0.15) is 48.7 Å². The molecule has 2 N–H and O–H groups in total. The first kappa shape index (κ1) is 20.0. The van der Waals surface area contributed by atoms with Gasteiger partial charge in [-0.3, -0.25) is 0 Å². The van der Waals surface area contributed by atoms with E-state index in [1.54, 1.807) is 38.3 Å². The fourth-order valence-corrected chi connectivity index (χ4v) is 3.23. The summed E-state index contributed by atoms with van der Waals surface area (Å²) in [5, 5.41) is 9.63. The Bertz CT molecular complexity index is 1010. The van der Waals surface area contributed by atoms with Crippen molar-refractivity contribution in [3.8, 4) is 11.8 Å². The third-order valence-electron chi connectivity index (χ3n) is 4.68. The lowest BCUT2D eigenvalue weighted by molar-refractivity contribution is -0.671. The number of esters is 1. The number of hydrogen-bond acceptors (Lipinski definition) is 6. The highest BCUT2D eigenvalue weighted by Crippen LogP contribution is 2.39. The van der Waals surface area contributed by atoms with Gasteiger partial charge >= 0.3 is 5.97 Å². The van der Waals surface area contributed by atoms with Crippen LogP contribution in [0, 0.1) is 11.3 Å². The highest BCUT2D eigenvalue weighted by molar-refractivity contribution is 5.92. The van der Waals surface area contributed by atoms with E-state index < -0.39 is 11.9 Å². The molecular weight excluding hydrogens is 372 g/mol. The van der Waals surface area contributed by atoms with Crippen LogP contribution in [0.2, 0.25) is 0 Å². The molecule has 0 bridgehead atoms. The van der Waals surface area contributed by atoms with E-state index in [9.17, 15) is 10.1 Å². The quantitative estimate of drug-likeness (QED) is 0.589. The van der Waals surface area contributed by atoms with Crippen molar-refractivity contribution in [2.45, 2.75) is 19.4 Å². The third kappa shape index (κ3) is 4.24. The first-order chi connectivity index (χ1) is 13.9. The van der Waals surface area contributed by atoms with Crippen molar-refractivity contribution >= 4 is 5.97 Å². The van der Waals surface area contributed by atoms with Crippen molar-refractivity contribution < 1.29 is 23.6 Å². The Morgan fingerprint density at radius 2 is 2.10 bits per heavy atom. The number of aromatic nitrogens is 2. The minimum absolute atomic E-state index is 0.0118. The molecule has 1 aliphatic heterocycles. The molecule has 0 aliphatic carbocycles. The molecule has 29 heavy (non-hydrogen) atoms. The Hall–Kier alpha value is -3.73. The molecule has 0 amide bonds. The van der Waals surface area contributed by atoms with Crippen LogP contribution in [0.15, 0.2) is 65.8 Å². The van der Waals surface area contributed by atoms with Crippen LogP contribution in [-0.4, -0.2) is 24.3 Å². The summed E-state index contributed by atoms with van der Waals surface area (Å²) in [6.07, 6.45) is 5.68. The highest BCUT2D eigenvalue weighted by atomic mass is 16.5. The summed E-state index contributed by atoms with van der Waals surface area (Å²) in [6.45, 7) is 2.33. The summed E-state index contributed by atoms with van der Waals surface area (Å²) in [6, 6.07) is 9.18. The number of carbonyl (C=O) groups is 1. The van der Waals surface area contributed by atoms with Crippen LogP contribution in [0.4, 0.5) is 0 Å². The first-order valence-electron chi connectivity index (χ1n) is 9.05. The number of rotatable bonds is 6. The second-order valence-corrected chi connectivity index (χ2v) is 6.62. The summed E-state index contributed by atoms with van der Waals surface area (Å²) in [7, 11) is 3.48. The number of nitriles is 1. The van der Waals surface area contributed by atoms with Gasteiger partial charge in [-0.05, 0) is 24.6 Å². The number of benzene rings is 1. The molecule has 0 fully saturated rings. The molecule has 150 valence electrons. The van der Waals surface area contributed by atoms with Crippen molar-refractivity contribution in [1.82, 2.24) is 4.57 Å². The number of carbonyl (C=O) groups excluding carboxylic acids is 1. The maximum absolute atomic E-state index is 12.9. The van der Waals surface area contributed by atoms with Gasteiger partial charge in [0.2, 0.25) is 12.2 Å². The van der Waals surface area contributed by atoms with Gasteiger partial charge in [-0.1, -0.05) is 12.1 Å². The van der Waals surface area contributed by atoms with Crippen molar-refractivity contribution in [3.63, 3.8) is 0 Å². The Kier molecular flexibility index (Phi) is 5.88. The minimum Gasteiger partial charge on any atom is -0.497 e. The SMILES string of the molecule is COc1ccc(C2C(C#N)=C(N)OC(C)=C2C(=O)OCCn2cc[n+](C)c2)cc1. The Morgan fingerprint density at radius 3 is 2.69 bits per heavy atom. The summed E-state index contributed by atoms with van der Waals surface area (Å²) in [5.41, 5.74) is 7.08. The molecule has 0 spiro atoms. The zero-order valence-corrected chi connectivity index (χ0v) is 16.6. The van der Waals surface area contributed by atoms with E-state index in [4.69, 9.17) is 19.9 Å². The highest BCUT2D eigenvalue weighted by Gasteiger charge is 2.36. The zero-order valence-electron chi connectivity index (χ0n) is 16.6. The van der Waals surface area contributed by atoms with Crippen LogP contribution in [0.1, 0.15) is 18.4 Å². The summed E-state index contributed by atoms with van der Waals surface area (Å²) < 4.78 is 19.9. The standard InChI is InChI=1S/C21H23N4O4/c1-14-18(21(26)28-11-10-25-9-8-24(2)13-25)19(17(12-22)20(23)29-14)15-4-6-16(27-3)7-5-15/h4-9,13,19H,10-11,23H2,1-3H3/q+1. The normalized spacial score (nSPS) is 16.3. The van der Waals surface area contributed by atoms with Crippen molar-refractivity contribution in [2.75, 3.05) is 13.7 Å². The largest absolute Gasteiger partial charge is 0.497 e. The number of ether oxygens (including phenoxy) is 3. The average molecular weight is 395 g/mol. The molecule has 2 aromatic rings. The average Bonchev–Trinajstić information content (AvgIpc) is 3.12. The topological polar surface area (TPSA) is 103 Å². The fraction of sp³-hybridized carbons (Fsp3) is 0.286. The lowest BCUT2D eigenvalue weighted by atomic mass is 9.83. The molecule has 1 aromatic heterocycles. The van der Waals surface area contributed by atoms with E-state index in [0.29, 0.717) is 18.1 Å². The van der Waals surface area contributed by atoms with Gasteiger partial charge in [0, 0.05) is 0 Å². The van der Waals surface area contributed by atoms with Crippen LogP contribution >= 0.6 is 0 Å². The van der Waals surface area contributed by atoms with E-state index in [1.807, 2.05) is 34.9 Å². The number of methoxy groups -OCH3 is 1. The van der Waals surface area contributed by atoms with Gasteiger partial charge < -0.3 is 19.9 Å². The van der Waals surface area contributed by atoms with Crippen molar-refractivity contribution in [3.05, 3.63) is 71.3 Å². The number of allylic oxidation sites excluding steroid dienone is 2. The lowest BCUT2D eigenvalue weighted by Gasteiger charge is -2.27. The monoisotopic (exact) mass is 395 g/mol. The van der Waals surface area contributed by atoms with Crippen LogP contribution in [0.5, 0.6) is 5.75 Å². The van der Waals surface area contributed by atoms with Gasteiger partial charge in [0.05, 0.1) is 25.6 Å². The molecule has 2 heterocycles. The lowest BCUT2D eigenvalue weighted by Crippen LogP contribution is -2.26. The summed E-state index contributed by atoms with van der Waals surface area (Å²) in [5.74, 6) is -0.237. The predicted octanol–water partition coefficient (Wildman–Crippen LogP) is 1.65. The van der Waals surface area contributed by atoms with E-state index in [-0.39, 0.29) is 23.6 Å². The molecule has 0 saturated carbocycles. The molecule has 1 aromatic carbocycles. The minimum atomic E-state index is -0.670. The maximum atomic E-state index is 12.9. The van der Waals surface area contributed by atoms with Crippen LogP contribution in [-0.2, 0) is 27.9 Å². The van der Waals surface area contributed by atoms with Crippen LogP contribution in [0.3, 0.4) is 0 Å². The van der Waals surface area contributed by atoms with Gasteiger partial charge in [-0.2, -0.15) is 5.26 Å². The predicted molar refractivity (Wildman–Crippen MR) is 103 cm³/mol. The number of nitrogens with zero attached hydrogens (tertiary/aromatic N) is 3. The molecule has 8 nitrogen and oxygen atoms in total. The van der Waals surface area contributed by atoms with E-state index >= 15 is 0 Å². The van der Waals surface area contributed by atoms with E-state index in [1.165, 1.54) is 0 Å². The van der Waals surface area contributed by atoms with Gasteiger partial charge in [0.15, 0.2) is 0 Å². The second kappa shape index (κ2) is 8.52. The molecular formula is C21H23N4O4+. The number of hydrogen-bond donors (Lipinski definition) is 1. The molecule has 1 unspecified atom stereocenters. The maximum Gasteiger partial charge on any atom is 0.338 e. The smallest absolute Gasteiger partial charge is 0.338 e. The molecule has 3 rings (SSSR count). The first-order valence-corrected chi connectivity index (χ1v) is 9.05. The number of imidazole rings is 1. The molecule has 1 atom stereocenters. The fourth-order valence-electron chi connectivity index (χ4n) is 3.23. The van der Waals surface area contributed by atoms with E-state index in [2.05, 4.69) is 6.07 Å². The van der Waals surface area contributed by atoms with Gasteiger partial charge in [-0.15, -0.1) is 0 Å². The van der Waals surface area contributed by atoms with Crippen LogP contribution < -0.4 is 15.0 Å². The summed E-state index contributed by atoms with van der Waals surface area (Å²) in [4.78, 5) is 12.9. The Labute approximate surface area is 169 Å². The molecule has 8 heteroatoms. The van der Waals surface area contributed by atoms with Gasteiger partial charge in [-0.25, -0.2) is 13.9 Å². The van der Waals surface area contributed by atoms with Crippen LogP contribution in [0.25, 0.3) is 0 Å². The molecule has 1 aliphatic rings. The number of nitrogens with two attached hydrogens (primary N) is 1. The van der Waals surface area contributed by atoms with Crippen molar-refractivity contribution in [2.24, 2.45) is 12.8 Å². The second-order valence-electron chi connectivity index (χ2n) is 6.62. The third-order valence-corrected chi connectivity index (χ3v) is 4.68. The zero-order chi connectivity index (χ0) is 21.0.